The number of nitrogens with zero attached hydrogens (tertiary/aromatic N) is 1. The second-order valence-corrected chi connectivity index (χ2v) is 9.16. The first-order valence-corrected chi connectivity index (χ1v) is 12.9. The minimum Gasteiger partial charge on any atom is -0.507 e. The number of carbonyl (C=O) groups excluding carboxylic acids is 2. The van der Waals surface area contributed by atoms with Gasteiger partial charge in [-0.2, -0.15) is 0 Å². The molecule has 8 heteroatoms. The highest BCUT2D eigenvalue weighted by atomic mass is 16.5. The molecule has 0 aromatic heterocycles. The predicted molar refractivity (Wildman–Crippen MR) is 139 cm³/mol. The van der Waals surface area contributed by atoms with Crippen molar-refractivity contribution in [3.8, 4) is 17.2 Å². The standard InChI is InChI=1S/C29H35NO7/c1-4-6-15-37-23-14-11-20(17-24(23)34-3)26-25(27(31)19-9-12-21(13-10-19)35-5-2)28(32)29(33)30(26)18-22-8-7-16-36-22/h9-14,17,22,26,31H,4-8,15-16,18H2,1-3H3. The number of unbranched alkanes of at least 4 members (excludes halogenated alkanes) is 1. The Morgan fingerprint density at radius 3 is 2.51 bits per heavy atom. The van der Waals surface area contributed by atoms with Crippen molar-refractivity contribution in [1.29, 1.82) is 0 Å². The summed E-state index contributed by atoms with van der Waals surface area (Å²) >= 11 is 0. The van der Waals surface area contributed by atoms with E-state index >= 15 is 0 Å². The number of aliphatic hydroxyl groups excluding tert-OH is 1. The van der Waals surface area contributed by atoms with Gasteiger partial charge in [0, 0.05) is 18.7 Å². The number of likely N-dealkylation sites (tertiary alicyclic amines) is 1. The van der Waals surface area contributed by atoms with Gasteiger partial charge in [0.2, 0.25) is 0 Å². The molecule has 37 heavy (non-hydrogen) atoms. The summed E-state index contributed by atoms with van der Waals surface area (Å²) in [5.74, 6) is 0.118. The molecule has 2 atom stereocenters. The van der Waals surface area contributed by atoms with Crippen LogP contribution in [0.15, 0.2) is 48.0 Å². The summed E-state index contributed by atoms with van der Waals surface area (Å²) in [5.41, 5.74) is 1.10. The van der Waals surface area contributed by atoms with Gasteiger partial charge >= 0.3 is 0 Å². The van der Waals surface area contributed by atoms with Crippen LogP contribution in [0.1, 0.15) is 56.7 Å². The third-order valence-corrected chi connectivity index (χ3v) is 6.66. The lowest BCUT2D eigenvalue weighted by molar-refractivity contribution is -0.140. The van der Waals surface area contributed by atoms with Crippen molar-refractivity contribution in [2.75, 3.05) is 33.5 Å². The van der Waals surface area contributed by atoms with E-state index in [1.807, 2.05) is 13.0 Å². The van der Waals surface area contributed by atoms with Crippen LogP contribution in [0.5, 0.6) is 17.2 Å². The van der Waals surface area contributed by atoms with Crippen molar-refractivity contribution in [3.05, 3.63) is 59.2 Å². The summed E-state index contributed by atoms with van der Waals surface area (Å²) in [6.07, 6.45) is 3.47. The van der Waals surface area contributed by atoms with Crippen molar-refractivity contribution in [3.63, 3.8) is 0 Å². The molecule has 2 fully saturated rings. The molecule has 2 aromatic carbocycles. The van der Waals surface area contributed by atoms with Crippen LogP contribution in [-0.2, 0) is 14.3 Å². The Labute approximate surface area is 217 Å². The Kier molecular flexibility index (Phi) is 8.71. The molecule has 0 spiro atoms. The number of Topliss-reactive ketones (excluding diaryl/α,β-unsaturated/α-hetero) is 1. The zero-order valence-electron chi connectivity index (χ0n) is 21.7. The molecule has 8 nitrogen and oxygen atoms in total. The lowest BCUT2D eigenvalue weighted by Crippen LogP contribution is -2.36. The SMILES string of the molecule is CCCCOc1ccc(C2C(=C(O)c3ccc(OCC)cc3)C(=O)C(=O)N2CC2CCCO2)cc1OC. The quantitative estimate of drug-likeness (QED) is 0.200. The first-order valence-electron chi connectivity index (χ1n) is 12.9. The number of rotatable bonds is 11. The normalized spacial score (nSPS) is 20.9. The van der Waals surface area contributed by atoms with E-state index in [0.717, 1.165) is 25.7 Å². The molecule has 2 heterocycles. The van der Waals surface area contributed by atoms with Crippen LogP contribution >= 0.6 is 0 Å². The molecule has 2 saturated heterocycles. The average molecular weight is 510 g/mol. The van der Waals surface area contributed by atoms with Gasteiger partial charge < -0.3 is 29.0 Å². The van der Waals surface area contributed by atoms with Crippen molar-refractivity contribution in [1.82, 2.24) is 4.90 Å². The molecule has 2 aromatic rings. The van der Waals surface area contributed by atoms with Crippen molar-refractivity contribution in [2.45, 2.75) is 51.7 Å². The molecule has 1 N–H and O–H groups in total. The van der Waals surface area contributed by atoms with E-state index < -0.39 is 17.7 Å². The molecular weight excluding hydrogens is 474 g/mol. The van der Waals surface area contributed by atoms with Gasteiger partial charge in [-0.15, -0.1) is 0 Å². The topological polar surface area (TPSA) is 94.5 Å². The number of amides is 1. The van der Waals surface area contributed by atoms with Gasteiger partial charge in [-0.3, -0.25) is 9.59 Å². The molecule has 0 saturated carbocycles. The summed E-state index contributed by atoms with van der Waals surface area (Å²) < 4.78 is 22.7. The van der Waals surface area contributed by atoms with Crippen LogP contribution in [0, 0.1) is 0 Å². The lowest BCUT2D eigenvalue weighted by atomic mass is 9.94. The second-order valence-electron chi connectivity index (χ2n) is 9.16. The predicted octanol–water partition coefficient (Wildman–Crippen LogP) is 4.87. The van der Waals surface area contributed by atoms with E-state index in [1.54, 1.807) is 43.5 Å². The van der Waals surface area contributed by atoms with Crippen molar-refractivity contribution < 1.29 is 33.6 Å². The second kappa shape index (κ2) is 12.1. The smallest absolute Gasteiger partial charge is 0.295 e. The third-order valence-electron chi connectivity index (χ3n) is 6.66. The van der Waals surface area contributed by atoms with Gasteiger partial charge in [0.05, 0.1) is 38.0 Å². The molecule has 0 aliphatic carbocycles. The number of ether oxygens (including phenoxy) is 4. The van der Waals surface area contributed by atoms with Crippen molar-refractivity contribution in [2.24, 2.45) is 0 Å². The van der Waals surface area contributed by atoms with E-state index in [0.29, 0.717) is 48.2 Å². The molecule has 2 aliphatic heterocycles. The summed E-state index contributed by atoms with van der Waals surface area (Å²) in [5, 5.41) is 11.3. The molecule has 2 unspecified atom stereocenters. The fraction of sp³-hybridized carbons (Fsp3) is 0.448. The van der Waals surface area contributed by atoms with Crippen LogP contribution in [-0.4, -0.2) is 61.3 Å². The Bertz CT molecular complexity index is 1140. The van der Waals surface area contributed by atoms with Gasteiger partial charge in [0.15, 0.2) is 11.5 Å². The zero-order chi connectivity index (χ0) is 26.4. The van der Waals surface area contributed by atoms with Gasteiger partial charge in [0.25, 0.3) is 11.7 Å². The number of carbonyl (C=O) groups is 2. The van der Waals surface area contributed by atoms with E-state index in [9.17, 15) is 14.7 Å². The van der Waals surface area contributed by atoms with E-state index in [2.05, 4.69) is 6.92 Å². The van der Waals surface area contributed by atoms with Crippen LogP contribution in [0.2, 0.25) is 0 Å². The van der Waals surface area contributed by atoms with E-state index in [4.69, 9.17) is 18.9 Å². The molecule has 4 rings (SSSR count). The van der Waals surface area contributed by atoms with Crippen molar-refractivity contribution >= 4 is 17.4 Å². The zero-order valence-corrected chi connectivity index (χ0v) is 21.7. The summed E-state index contributed by atoms with van der Waals surface area (Å²) in [4.78, 5) is 28.1. The lowest BCUT2D eigenvalue weighted by Gasteiger charge is -2.28. The Hall–Kier alpha value is -3.52. The van der Waals surface area contributed by atoms with Gasteiger partial charge in [-0.05, 0) is 68.1 Å². The molecule has 0 radical (unpaired) electrons. The van der Waals surface area contributed by atoms with Crippen LogP contribution in [0.3, 0.4) is 0 Å². The molecule has 1 amide bonds. The Morgan fingerprint density at radius 1 is 1.08 bits per heavy atom. The number of benzene rings is 2. The highest BCUT2D eigenvalue weighted by molar-refractivity contribution is 6.46. The number of aliphatic hydroxyl groups is 1. The number of ketones is 1. The molecule has 2 aliphatic rings. The third kappa shape index (κ3) is 5.74. The maximum atomic E-state index is 13.3. The van der Waals surface area contributed by atoms with Crippen LogP contribution in [0.4, 0.5) is 0 Å². The molecular formula is C29H35NO7. The summed E-state index contributed by atoms with van der Waals surface area (Å²) in [7, 11) is 1.55. The maximum Gasteiger partial charge on any atom is 0.295 e. The minimum atomic E-state index is -0.797. The van der Waals surface area contributed by atoms with Gasteiger partial charge in [-0.1, -0.05) is 19.4 Å². The molecule has 198 valence electrons. The Morgan fingerprint density at radius 2 is 1.86 bits per heavy atom. The maximum absolute atomic E-state index is 13.3. The van der Waals surface area contributed by atoms with Crippen LogP contribution in [0.25, 0.3) is 5.76 Å². The number of methoxy groups -OCH3 is 1. The largest absolute Gasteiger partial charge is 0.507 e. The fourth-order valence-corrected chi connectivity index (χ4v) is 4.75. The fourth-order valence-electron chi connectivity index (χ4n) is 4.75. The number of hydrogen-bond acceptors (Lipinski definition) is 7. The van der Waals surface area contributed by atoms with E-state index in [-0.39, 0.29) is 24.0 Å². The Balaban J connectivity index is 1.77. The van der Waals surface area contributed by atoms with Crippen LogP contribution < -0.4 is 14.2 Å². The first kappa shape index (κ1) is 26.5. The first-order chi connectivity index (χ1) is 18.0. The number of hydrogen-bond donors (Lipinski definition) is 1. The average Bonchev–Trinajstić information content (AvgIpc) is 3.51. The molecule has 0 bridgehead atoms. The van der Waals surface area contributed by atoms with E-state index in [1.165, 1.54) is 4.90 Å². The summed E-state index contributed by atoms with van der Waals surface area (Å²) in [6, 6.07) is 11.4. The van der Waals surface area contributed by atoms with Gasteiger partial charge in [0.1, 0.15) is 11.5 Å². The summed E-state index contributed by atoms with van der Waals surface area (Å²) in [6.45, 7) is 5.93. The highest BCUT2D eigenvalue weighted by Gasteiger charge is 2.47. The minimum absolute atomic E-state index is 0.0360. The highest BCUT2D eigenvalue weighted by Crippen LogP contribution is 2.42. The van der Waals surface area contributed by atoms with Gasteiger partial charge in [-0.25, -0.2) is 0 Å². The monoisotopic (exact) mass is 509 g/mol.